The number of hydrogen-bond acceptors (Lipinski definition) is 4. The molecular weight excluding hydrogens is 318 g/mol. The van der Waals surface area contributed by atoms with Crippen LogP contribution in [0.1, 0.15) is 24.5 Å². The van der Waals surface area contributed by atoms with Crippen molar-refractivity contribution in [2.45, 2.75) is 27.2 Å². The van der Waals surface area contributed by atoms with E-state index in [0.29, 0.717) is 11.8 Å². The Bertz CT molecular complexity index is 602. The lowest BCUT2D eigenvalue weighted by Crippen LogP contribution is -2.05. The second-order valence-corrected chi connectivity index (χ2v) is 5.43. The first-order valence-corrected chi connectivity index (χ1v) is 7.41. The topological polar surface area (TPSA) is 47.0 Å². The predicted octanol–water partition coefficient (Wildman–Crippen LogP) is 4.47. The number of hydrogen-bond donors (Lipinski definition) is 1. The normalized spacial score (nSPS) is 10.4. The molecule has 0 spiro atoms. The summed E-state index contributed by atoms with van der Waals surface area (Å²) in [4.78, 5) is 8.59. The van der Waals surface area contributed by atoms with Gasteiger partial charge in [0.1, 0.15) is 5.75 Å². The summed E-state index contributed by atoms with van der Waals surface area (Å²) in [5, 5.41) is 3.15. The highest BCUT2D eigenvalue weighted by Crippen LogP contribution is 2.30. The molecule has 20 heavy (non-hydrogen) atoms. The van der Waals surface area contributed by atoms with Crippen LogP contribution in [0.4, 0.5) is 5.95 Å². The molecule has 0 fully saturated rings. The van der Waals surface area contributed by atoms with Gasteiger partial charge in [-0.25, -0.2) is 4.98 Å². The van der Waals surface area contributed by atoms with Gasteiger partial charge in [0.05, 0.1) is 10.7 Å². The predicted molar refractivity (Wildman–Crippen MR) is 84.5 cm³/mol. The Balaban J connectivity index is 2.26. The van der Waals surface area contributed by atoms with Crippen molar-refractivity contribution in [1.29, 1.82) is 0 Å². The SMILES string of the molecule is CCCNc1ncc(Br)c(Oc2cccc(C)c2C)n1. The quantitative estimate of drug-likeness (QED) is 0.875. The van der Waals surface area contributed by atoms with Crippen molar-refractivity contribution in [3.8, 4) is 11.6 Å². The summed E-state index contributed by atoms with van der Waals surface area (Å²) in [6.07, 6.45) is 2.72. The van der Waals surface area contributed by atoms with Gasteiger partial charge in [-0.15, -0.1) is 0 Å². The van der Waals surface area contributed by atoms with Gasteiger partial charge in [-0.05, 0) is 53.4 Å². The van der Waals surface area contributed by atoms with Crippen molar-refractivity contribution >= 4 is 21.9 Å². The van der Waals surface area contributed by atoms with Crippen LogP contribution in [0.3, 0.4) is 0 Å². The average molecular weight is 336 g/mol. The monoisotopic (exact) mass is 335 g/mol. The van der Waals surface area contributed by atoms with Gasteiger partial charge in [0.25, 0.3) is 0 Å². The van der Waals surface area contributed by atoms with Crippen LogP contribution in [0.25, 0.3) is 0 Å². The van der Waals surface area contributed by atoms with Gasteiger partial charge in [-0.3, -0.25) is 0 Å². The minimum absolute atomic E-state index is 0.521. The first-order valence-electron chi connectivity index (χ1n) is 6.62. The summed E-state index contributed by atoms with van der Waals surface area (Å²) in [6, 6.07) is 5.98. The largest absolute Gasteiger partial charge is 0.437 e. The molecule has 0 amide bonds. The lowest BCUT2D eigenvalue weighted by Gasteiger charge is -2.12. The maximum atomic E-state index is 5.90. The molecule has 0 aliphatic rings. The second-order valence-electron chi connectivity index (χ2n) is 4.57. The maximum Gasteiger partial charge on any atom is 0.238 e. The number of ether oxygens (including phenoxy) is 1. The number of aromatic nitrogens is 2. The molecule has 2 rings (SSSR count). The molecule has 106 valence electrons. The molecule has 1 heterocycles. The van der Waals surface area contributed by atoms with Crippen LogP contribution in [-0.2, 0) is 0 Å². The summed E-state index contributed by atoms with van der Waals surface area (Å²) in [6.45, 7) is 7.03. The van der Waals surface area contributed by atoms with Gasteiger partial charge >= 0.3 is 0 Å². The summed E-state index contributed by atoms with van der Waals surface area (Å²) >= 11 is 3.42. The number of aryl methyl sites for hydroxylation is 1. The molecule has 1 aromatic heterocycles. The van der Waals surface area contributed by atoms with Crippen molar-refractivity contribution in [3.63, 3.8) is 0 Å². The fourth-order valence-corrected chi connectivity index (χ4v) is 1.96. The molecule has 1 N–H and O–H groups in total. The van der Waals surface area contributed by atoms with Crippen molar-refractivity contribution in [2.24, 2.45) is 0 Å². The van der Waals surface area contributed by atoms with Crippen LogP contribution >= 0.6 is 15.9 Å². The number of rotatable bonds is 5. The molecule has 5 heteroatoms. The van der Waals surface area contributed by atoms with E-state index in [4.69, 9.17) is 4.74 Å². The highest BCUT2D eigenvalue weighted by atomic mass is 79.9. The van der Waals surface area contributed by atoms with Gasteiger partial charge in [0.15, 0.2) is 0 Å². The minimum Gasteiger partial charge on any atom is -0.437 e. The van der Waals surface area contributed by atoms with E-state index in [1.807, 2.05) is 19.1 Å². The number of anilines is 1. The lowest BCUT2D eigenvalue weighted by atomic mass is 10.1. The van der Waals surface area contributed by atoms with Gasteiger partial charge in [0, 0.05) is 6.54 Å². The first kappa shape index (κ1) is 14.8. The van der Waals surface area contributed by atoms with Crippen LogP contribution in [0.15, 0.2) is 28.9 Å². The zero-order valence-corrected chi connectivity index (χ0v) is 13.5. The van der Waals surface area contributed by atoms with E-state index < -0.39 is 0 Å². The van der Waals surface area contributed by atoms with Gasteiger partial charge in [-0.2, -0.15) is 4.98 Å². The van der Waals surface area contributed by atoms with Crippen LogP contribution < -0.4 is 10.1 Å². The van der Waals surface area contributed by atoms with E-state index >= 15 is 0 Å². The third kappa shape index (κ3) is 3.48. The Hall–Kier alpha value is -1.62. The average Bonchev–Trinajstić information content (AvgIpc) is 2.44. The van der Waals surface area contributed by atoms with Crippen molar-refractivity contribution in [2.75, 3.05) is 11.9 Å². The molecule has 0 atom stereocenters. The van der Waals surface area contributed by atoms with Crippen LogP contribution in [0.5, 0.6) is 11.6 Å². The first-order chi connectivity index (χ1) is 9.61. The Morgan fingerprint density at radius 3 is 2.85 bits per heavy atom. The smallest absolute Gasteiger partial charge is 0.238 e. The molecule has 0 bridgehead atoms. The molecule has 4 nitrogen and oxygen atoms in total. The molecule has 0 saturated heterocycles. The van der Waals surface area contributed by atoms with Crippen molar-refractivity contribution < 1.29 is 4.74 Å². The van der Waals surface area contributed by atoms with E-state index in [-0.39, 0.29) is 0 Å². The molecule has 0 radical (unpaired) electrons. The Labute approximate surface area is 127 Å². The molecule has 0 aliphatic carbocycles. The highest BCUT2D eigenvalue weighted by molar-refractivity contribution is 9.10. The fraction of sp³-hybridized carbons (Fsp3) is 0.333. The van der Waals surface area contributed by atoms with E-state index in [2.05, 4.69) is 51.1 Å². The van der Waals surface area contributed by atoms with Gasteiger partial charge < -0.3 is 10.1 Å². The third-order valence-electron chi connectivity index (χ3n) is 3.01. The standard InChI is InChI=1S/C15H18BrN3O/c1-4-8-17-15-18-9-12(16)14(19-15)20-13-7-5-6-10(2)11(13)3/h5-7,9H,4,8H2,1-3H3,(H,17,18,19). The van der Waals surface area contributed by atoms with Gasteiger partial charge in [-0.1, -0.05) is 19.1 Å². The highest BCUT2D eigenvalue weighted by Gasteiger charge is 2.09. The van der Waals surface area contributed by atoms with Gasteiger partial charge in [0.2, 0.25) is 11.8 Å². The Morgan fingerprint density at radius 2 is 2.10 bits per heavy atom. The number of nitrogens with zero attached hydrogens (tertiary/aromatic N) is 2. The van der Waals surface area contributed by atoms with Crippen LogP contribution in [-0.4, -0.2) is 16.5 Å². The summed E-state index contributed by atoms with van der Waals surface area (Å²) in [5.41, 5.74) is 2.30. The number of nitrogens with one attached hydrogen (secondary N) is 1. The fourth-order valence-electron chi connectivity index (χ4n) is 1.68. The number of halogens is 1. The molecule has 0 aliphatic heterocycles. The lowest BCUT2D eigenvalue weighted by molar-refractivity contribution is 0.455. The van der Waals surface area contributed by atoms with E-state index in [1.165, 1.54) is 5.56 Å². The summed E-state index contributed by atoms with van der Waals surface area (Å²) < 4.78 is 6.64. The Morgan fingerprint density at radius 1 is 1.30 bits per heavy atom. The van der Waals surface area contributed by atoms with E-state index in [0.717, 1.165) is 28.8 Å². The maximum absolute atomic E-state index is 5.90. The summed E-state index contributed by atoms with van der Waals surface area (Å²) in [7, 11) is 0. The van der Waals surface area contributed by atoms with Crippen molar-refractivity contribution in [3.05, 3.63) is 40.0 Å². The van der Waals surface area contributed by atoms with Crippen molar-refractivity contribution in [1.82, 2.24) is 9.97 Å². The van der Waals surface area contributed by atoms with E-state index in [1.54, 1.807) is 6.20 Å². The summed E-state index contributed by atoms with van der Waals surface area (Å²) in [5.74, 6) is 1.91. The zero-order valence-electron chi connectivity index (χ0n) is 11.9. The number of benzene rings is 1. The third-order valence-corrected chi connectivity index (χ3v) is 3.55. The molecule has 0 unspecified atom stereocenters. The minimum atomic E-state index is 0.521. The van der Waals surface area contributed by atoms with Crippen LogP contribution in [0, 0.1) is 13.8 Å². The zero-order chi connectivity index (χ0) is 14.5. The molecular formula is C15H18BrN3O. The second kappa shape index (κ2) is 6.70. The molecule has 1 aromatic carbocycles. The van der Waals surface area contributed by atoms with Crippen LogP contribution in [0.2, 0.25) is 0 Å². The van der Waals surface area contributed by atoms with E-state index in [9.17, 15) is 0 Å². The molecule has 2 aromatic rings. The molecule has 0 saturated carbocycles. The Kier molecular flexibility index (Phi) is 4.95.